The summed E-state index contributed by atoms with van der Waals surface area (Å²) < 4.78 is 0. The number of carbonyl (C=O) groups excluding carboxylic acids is 1. The lowest BCUT2D eigenvalue weighted by atomic mass is 9.93. The van der Waals surface area contributed by atoms with Crippen LogP contribution in [0.4, 0.5) is 0 Å². The number of nitrogens with one attached hydrogen (secondary N) is 1. The van der Waals surface area contributed by atoms with Crippen molar-refractivity contribution < 1.29 is 4.79 Å². The Labute approximate surface area is 132 Å². The van der Waals surface area contributed by atoms with Crippen molar-refractivity contribution in [2.75, 3.05) is 19.6 Å². The van der Waals surface area contributed by atoms with E-state index < -0.39 is 0 Å². The molecule has 1 aliphatic heterocycles. The van der Waals surface area contributed by atoms with Gasteiger partial charge < -0.3 is 10.2 Å². The average molecular weight is 317 g/mol. The SMILES string of the molecule is CCN(Cc1cccs1)C(=O)CCC1CCNCC1.Cl. The van der Waals surface area contributed by atoms with E-state index in [1.807, 2.05) is 11.0 Å². The quantitative estimate of drug-likeness (QED) is 0.873. The van der Waals surface area contributed by atoms with Gasteiger partial charge in [0.1, 0.15) is 0 Å². The molecule has 0 aliphatic carbocycles. The van der Waals surface area contributed by atoms with Gasteiger partial charge in [0.05, 0.1) is 6.54 Å². The molecule has 20 heavy (non-hydrogen) atoms. The standard InChI is InChI=1S/C15H24N2OS.ClH/c1-2-17(12-14-4-3-11-19-14)15(18)6-5-13-7-9-16-10-8-13;/h3-4,11,13,16H,2,5-10,12H2,1H3;1H. The molecule has 2 rings (SSSR count). The fraction of sp³-hybridized carbons (Fsp3) is 0.667. The van der Waals surface area contributed by atoms with Crippen molar-refractivity contribution in [2.24, 2.45) is 5.92 Å². The van der Waals surface area contributed by atoms with Crippen LogP contribution in [0.25, 0.3) is 0 Å². The molecule has 2 heterocycles. The Hall–Kier alpha value is -0.580. The van der Waals surface area contributed by atoms with Gasteiger partial charge in [-0.1, -0.05) is 6.07 Å². The Morgan fingerprint density at radius 3 is 2.80 bits per heavy atom. The molecule has 0 bridgehead atoms. The molecule has 1 fully saturated rings. The molecular formula is C15H25ClN2OS. The second-order valence-electron chi connectivity index (χ2n) is 5.22. The highest BCUT2D eigenvalue weighted by Crippen LogP contribution is 2.19. The van der Waals surface area contributed by atoms with Gasteiger partial charge in [0.25, 0.3) is 0 Å². The zero-order valence-electron chi connectivity index (χ0n) is 12.1. The second-order valence-corrected chi connectivity index (χ2v) is 6.25. The van der Waals surface area contributed by atoms with Crippen LogP contribution in [0.2, 0.25) is 0 Å². The number of hydrogen-bond donors (Lipinski definition) is 1. The minimum Gasteiger partial charge on any atom is -0.338 e. The van der Waals surface area contributed by atoms with E-state index in [2.05, 4.69) is 23.7 Å². The fourth-order valence-electron chi connectivity index (χ4n) is 2.62. The first-order chi connectivity index (χ1) is 9.29. The molecule has 3 nitrogen and oxygen atoms in total. The average Bonchev–Trinajstić information content (AvgIpc) is 2.96. The lowest BCUT2D eigenvalue weighted by molar-refractivity contribution is -0.131. The highest BCUT2D eigenvalue weighted by Gasteiger charge is 2.17. The Balaban J connectivity index is 0.00000200. The van der Waals surface area contributed by atoms with Crippen LogP contribution in [-0.2, 0) is 11.3 Å². The molecule has 1 saturated heterocycles. The van der Waals surface area contributed by atoms with E-state index in [1.165, 1.54) is 17.7 Å². The second kappa shape index (κ2) is 9.37. The number of halogens is 1. The molecule has 1 amide bonds. The van der Waals surface area contributed by atoms with Crippen molar-refractivity contribution in [1.29, 1.82) is 0 Å². The Morgan fingerprint density at radius 1 is 1.45 bits per heavy atom. The van der Waals surface area contributed by atoms with Crippen LogP contribution >= 0.6 is 23.7 Å². The van der Waals surface area contributed by atoms with Crippen LogP contribution in [0.5, 0.6) is 0 Å². The van der Waals surface area contributed by atoms with E-state index in [9.17, 15) is 4.79 Å². The molecule has 1 aromatic heterocycles. The molecule has 0 unspecified atom stereocenters. The molecule has 0 radical (unpaired) electrons. The summed E-state index contributed by atoms with van der Waals surface area (Å²) in [6.07, 6.45) is 4.22. The van der Waals surface area contributed by atoms with Gasteiger partial charge in [0.2, 0.25) is 5.91 Å². The van der Waals surface area contributed by atoms with Gasteiger partial charge in [-0.2, -0.15) is 0 Å². The van der Waals surface area contributed by atoms with Gasteiger partial charge >= 0.3 is 0 Å². The molecule has 0 aromatic carbocycles. The summed E-state index contributed by atoms with van der Waals surface area (Å²) in [5.41, 5.74) is 0. The van der Waals surface area contributed by atoms with Crippen LogP contribution in [0.1, 0.15) is 37.5 Å². The van der Waals surface area contributed by atoms with E-state index in [-0.39, 0.29) is 12.4 Å². The topological polar surface area (TPSA) is 32.3 Å². The highest BCUT2D eigenvalue weighted by atomic mass is 35.5. The smallest absolute Gasteiger partial charge is 0.222 e. The van der Waals surface area contributed by atoms with Gasteiger partial charge in [0.15, 0.2) is 0 Å². The summed E-state index contributed by atoms with van der Waals surface area (Å²) in [5.74, 6) is 1.06. The normalized spacial score (nSPS) is 15.7. The number of thiophene rings is 1. The summed E-state index contributed by atoms with van der Waals surface area (Å²) in [7, 11) is 0. The maximum atomic E-state index is 12.3. The summed E-state index contributed by atoms with van der Waals surface area (Å²) in [4.78, 5) is 15.5. The van der Waals surface area contributed by atoms with Crippen molar-refractivity contribution in [3.05, 3.63) is 22.4 Å². The number of hydrogen-bond acceptors (Lipinski definition) is 3. The molecule has 1 aromatic rings. The Morgan fingerprint density at radius 2 is 2.20 bits per heavy atom. The van der Waals surface area contributed by atoms with Crippen molar-refractivity contribution >= 4 is 29.7 Å². The molecule has 0 spiro atoms. The molecule has 114 valence electrons. The van der Waals surface area contributed by atoms with Gasteiger partial charge in [-0.15, -0.1) is 23.7 Å². The van der Waals surface area contributed by atoms with E-state index in [1.54, 1.807) is 11.3 Å². The maximum absolute atomic E-state index is 12.3. The van der Waals surface area contributed by atoms with Gasteiger partial charge in [-0.05, 0) is 56.6 Å². The first-order valence-electron chi connectivity index (χ1n) is 7.30. The molecule has 1 aliphatic rings. The van der Waals surface area contributed by atoms with Crippen molar-refractivity contribution in [2.45, 2.75) is 39.2 Å². The van der Waals surface area contributed by atoms with Crippen LogP contribution in [0.3, 0.4) is 0 Å². The number of nitrogens with zero attached hydrogens (tertiary/aromatic N) is 1. The fourth-order valence-corrected chi connectivity index (χ4v) is 3.34. The largest absolute Gasteiger partial charge is 0.338 e. The summed E-state index contributed by atoms with van der Waals surface area (Å²) >= 11 is 1.73. The number of rotatable bonds is 6. The van der Waals surface area contributed by atoms with Crippen LogP contribution in [0, 0.1) is 5.92 Å². The van der Waals surface area contributed by atoms with Crippen molar-refractivity contribution in [3.8, 4) is 0 Å². The van der Waals surface area contributed by atoms with Gasteiger partial charge in [-0.25, -0.2) is 0 Å². The first-order valence-corrected chi connectivity index (χ1v) is 8.18. The minimum atomic E-state index is 0. The summed E-state index contributed by atoms with van der Waals surface area (Å²) in [5, 5.41) is 5.44. The predicted octanol–water partition coefficient (Wildman–Crippen LogP) is 3.30. The summed E-state index contributed by atoms with van der Waals surface area (Å²) in [6, 6.07) is 4.15. The number of carbonyl (C=O) groups is 1. The third-order valence-electron chi connectivity index (χ3n) is 3.89. The Bertz CT molecular complexity index is 377. The van der Waals surface area contributed by atoms with E-state index in [4.69, 9.17) is 0 Å². The number of amides is 1. The minimum absolute atomic E-state index is 0. The van der Waals surface area contributed by atoms with Gasteiger partial charge in [-0.3, -0.25) is 4.79 Å². The Kier molecular flexibility index (Phi) is 8.19. The zero-order chi connectivity index (χ0) is 13.5. The number of piperidine rings is 1. The summed E-state index contributed by atoms with van der Waals surface area (Å²) in [6.45, 7) is 5.88. The molecule has 1 N–H and O–H groups in total. The lowest BCUT2D eigenvalue weighted by Gasteiger charge is -2.24. The van der Waals surface area contributed by atoms with Crippen LogP contribution < -0.4 is 5.32 Å². The van der Waals surface area contributed by atoms with E-state index >= 15 is 0 Å². The lowest BCUT2D eigenvalue weighted by Crippen LogP contribution is -2.32. The first kappa shape index (κ1) is 17.5. The monoisotopic (exact) mass is 316 g/mol. The van der Waals surface area contributed by atoms with Crippen molar-refractivity contribution in [1.82, 2.24) is 10.2 Å². The predicted molar refractivity (Wildman–Crippen MR) is 87.5 cm³/mol. The van der Waals surface area contributed by atoms with E-state index in [0.29, 0.717) is 12.3 Å². The maximum Gasteiger partial charge on any atom is 0.222 e. The van der Waals surface area contributed by atoms with Crippen molar-refractivity contribution in [3.63, 3.8) is 0 Å². The zero-order valence-corrected chi connectivity index (χ0v) is 13.8. The highest BCUT2D eigenvalue weighted by molar-refractivity contribution is 7.09. The molecular weight excluding hydrogens is 292 g/mol. The molecule has 5 heteroatoms. The third-order valence-corrected chi connectivity index (χ3v) is 4.75. The van der Waals surface area contributed by atoms with Crippen LogP contribution in [-0.4, -0.2) is 30.4 Å². The van der Waals surface area contributed by atoms with E-state index in [0.717, 1.165) is 38.5 Å². The van der Waals surface area contributed by atoms with Gasteiger partial charge in [0, 0.05) is 17.8 Å². The molecule has 0 atom stereocenters. The van der Waals surface area contributed by atoms with Crippen LogP contribution in [0.15, 0.2) is 17.5 Å². The third kappa shape index (κ3) is 5.43. The molecule has 0 saturated carbocycles.